The van der Waals surface area contributed by atoms with Crippen molar-refractivity contribution in [3.05, 3.63) is 70.9 Å². The van der Waals surface area contributed by atoms with E-state index >= 15 is 0 Å². The third kappa shape index (κ3) is 4.09. The van der Waals surface area contributed by atoms with E-state index in [9.17, 15) is 9.90 Å². The predicted molar refractivity (Wildman–Crippen MR) is 113 cm³/mol. The fourth-order valence-corrected chi connectivity index (χ4v) is 3.88. The van der Waals surface area contributed by atoms with Crippen LogP contribution in [-0.4, -0.2) is 26.1 Å². The maximum Gasteiger partial charge on any atom is 0.213 e. The highest BCUT2D eigenvalue weighted by Crippen LogP contribution is 2.34. The van der Waals surface area contributed by atoms with Gasteiger partial charge in [0.15, 0.2) is 0 Å². The second-order valence-corrected chi connectivity index (χ2v) is 7.55. The van der Waals surface area contributed by atoms with Crippen LogP contribution in [0.15, 0.2) is 64.7 Å². The van der Waals surface area contributed by atoms with Gasteiger partial charge in [0.2, 0.25) is 5.16 Å². The van der Waals surface area contributed by atoms with Crippen molar-refractivity contribution in [2.75, 3.05) is 0 Å². The van der Waals surface area contributed by atoms with Crippen molar-refractivity contribution in [1.29, 1.82) is 0 Å². The Hall–Kier alpha value is -3.32. The van der Waals surface area contributed by atoms with Crippen molar-refractivity contribution in [2.45, 2.75) is 24.9 Å². The second kappa shape index (κ2) is 8.36. The number of carbonyl (C=O) groups is 1. The van der Waals surface area contributed by atoms with Gasteiger partial charge in [-0.15, -0.1) is 5.10 Å². The lowest BCUT2D eigenvalue weighted by atomic mass is 10.0. The molecule has 0 saturated heterocycles. The van der Waals surface area contributed by atoms with Gasteiger partial charge in [-0.2, -0.15) is 0 Å². The number of aryl methyl sites for hydroxylation is 1. The smallest absolute Gasteiger partial charge is 0.213 e. The molecule has 6 nitrogen and oxygen atoms in total. The lowest BCUT2D eigenvalue weighted by molar-refractivity contribution is -0.297. The van der Waals surface area contributed by atoms with E-state index < -0.39 is 5.97 Å². The molecule has 0 amide bonds. The van der Waals surface area contributed by atoms with Gasteiger partial charge in [-0.3, -0.25) is 5.10 Å². The van der Waals surface area contributed by atoms with Crippen LogP contribution in [0.3, 0.4) is 0 Å². The number of thioether (sulfide) groups is 1. The Balaban J connectivity index is 1.80. The summed E-state index contributed by atoms with van der Waals surface area (Å²) in [6.45, 7) is 2.05. The van der Waals surface area contributed by atoms with Crippen LogP contribution in [0, 0.1) is 0 Å². The number of aromatic amines is 2. The molecule has 2 N–H and O–H groups in total. The number of carboxylic acids is 1. The van der Waals surface area contributed by atoms with E-state index in [0.717, 1.165) is 58.2 Å². The lowest BCUT2D eigenvalue weighted by Gasteiger charge is -2.07. The number of H-pyrrole nitrogens is 2. The molecule has 0 radical (unpaired) electrons. The molecule has 2 heterocycles. The van der Waals surface area contributed by atoms with E-state index in [1.165, 1.54) is 0 Å². The first-order chi connectivity index (χ1) is 14.2. The minimum atomic E-state index is -1.26. The average Bonchev–Trinajstić information content (AvgIpc) is 3.33. The summed E-state index contributed by atoms with van der Waals surface area (Å²) in [4.78, 5) is 19.7. The van der Waals surface area contributed by atoms with Crippen molar-refractivity contribution in [3.8, 4) is 11.3 Å². The summed E-state index contributed by atoms with van der Waals surface area (Å²) in [5, 5.41) is 20.1. The molecule has 29 heavy (non-hydrogen) atoms. The van der Waals surface area contributed by atoms with Gasteiger partial charge in [-0.1, -0.05) is 55.5 Å². The molecule has 0 atom stereocenters. The third-order valence-electron chi connectivity index (χ3n) is 4.48. The Kier molecular flexibility index (Phi) is 5.48. The summed E-state index contributed by atoms with van der Waals surface area (Å²) >= 11 is 0.986. The molecule has 0 aliphatic carbocycles. The summed E-state index contributed by atoms with van der Waals surface area (Å²) in [7, 11) is 0. The average molecular weight is 403 g/mol. The molecule has 0 aliphatic heterocycles. The molecule has 0 bridgehead atoms. The largest absolute Gasteiger partial charge is 0.544 e. The van der Waals surface area contributed by atoms with Crippen molar-refractivity contribution >= 4 is 34.7 Å². The first-order valence-corrected chi connectivity index (χ1v) is 10.2. The number of carbonyl (C=O) groups excluding carboxylic acids is 1. The van der Waals surface area contributed by atoms with Gasteiger partial charge in [0, 0.05) is 27.8 Å². The SMILES string of the molecule is CCCc1nc(S/C(=C\c2c(-c3ccccc3)[nH]c3ccccc23)C(=O)[O-])n[nH]1. The van der Waals surface area contributed by atoms with E-state index in [4.69, 9.17) is 0 Å². The Morgan fingerprint density at radius 3 is 2.66 bits per heavy atom. The first-order valence-electron chi connectivity index (χ1n) is 9.34. The summed E-state index contributed by atoms with van der Waals surface area (Å²) < 4.78 is 0. The van der Waals surface area contributed by atoms with Gasteiger partial charge in [0.1, 0.15) is 5.82 Å². The van der Waals surface area contributed by atoms with E-state index in [0.29, 0.717) is 5.16 Å². The number of carboxylic acid groups (broad SMARTS) is 1. The number of aromatic nitrogens is 4. The van der Waals surface area contributed by atoms with Crippen LogP contribution in [0.4, 0.5) is 0 Å². The molecule has 0 saturated carbocycles. The first kappa shape index (κ1) is 19.0. The van der Waals surface area contributed by atoms with Crippen molar-refractivity contribution in [2.24, 2.45) is 0 Å². The van der Waals surface area contributed by atoms with Crippen LogP contribution < -0.4 is 5.11 Å². The van der Waals surface area contributed by atoms with E-state index in [-0.39, 0.29) is 4.91 Å². The molecule has 0 fully saturated rings. The Labute approximate surface area is 172 Å². The molecule has 4 rings (SSSR count). The van der Waals surface area contributed by atoms with E-state index in [1.54, 1.807) is 6.08 Å². The van der Waals surface area contributed by atoms with Crippen molar-refractivity contribution in [1.82, 2.24) is 20.2 Å². The summed E-state index contributed by atoms with van der Waals surface area (Å²) in [6, 6.07) is 17.6. The molecule has 0 aliphatic rings. The number of aliphatic carboxylic acids is 1. The second-order valence-electron chi connectivity index (χ2n) is 6.54. The number of nitrogens with one attached hydrogen (secondary N) is 2. The van der Waals surface area contributed by atoms with Gasteiger partial charge in [0.05, 0.1) is 11.7 Å². The number of fused-ring (bicyclic) bond motifs is 1. The number of hydrogen-bond donors (Lipinski definition) is 2. The predicted octanol–water partition coefficient (Wildman–Crippen LogP) is 3.79. The fraction of sp³-hybridized carbons (Fsp3) is 0.136. The third-order valence-corrected chi connectivity index (χ3v) is 5.35. The maximum absolute atomic E-state index is 11.9. The maximum atomic E-state index is 11.9. The minimum Gasteiger partial charge on any atom is -0.544 e. The van der Waals surface area contributed by atoms with Crippen LogP contribution in [0.1, 0.15) is 24.7 Å². The van der Waals surface area contributed by atoms with Crippen LogP contribution in [0.25, 0.3) is 28.2 Å². The molecular formula is C22H19N4O2S-. The van der Waals surface area contributed by atoms with Crippen molar-refractivity contribution in [3.63, 3.8) is 0 Å². The van der Waals surface area contributed by atoms with Crippen LogP contribution in [0.2, 0.25) is 0 Å². The highest BCUT2D eigenvalue weighted by molar-refractivity contribution is 8.04. The Morgan fingerprint density at radius 1 is 1.14 bits per heavy atom. The number of hydrogen-bond acceptors (Lipinski definition) is 5. The normalized spacial score (nSPS) is 11.8. The molecule has 2 aromatic carbocycles. The number of benzene rings is 2. The molecule has 7 heteroatoms. The molecular weight excluding hydrogens is 384 g/mol. The van der Waals surface area contributed by atoms with Gasteiger partial charge < -0.3 is 14.9 Å². The highest BCUT2D eigenvalue weighted by atomic mass is 32.2. The van der Waals surface area contributed by atoms with Gasteiger partial charge in [-0.05, 0) is 35.9 Å². The van der Waals surface area contributed by atoms with Gasteiger partial charge >= 0.3 is 0 Å². The van der Waals surface area contributed by atoms with Crippen LogP contribution in [-0.2, 0) is 11.2 Å². The zero-order valence-electron chi connectivity index (χ0n) is 15.8. The molecule has 2 aromatic heterocycles. The minimum absolute atomic E-state index is 0.0500. The standard InChI is InChI=1S/C22H20N4O2S/c1-2-8-19-24-22(26-25-19)29-18(21(27)28)13-16-15-11-6-7-12-17(15)23-20(16)14-9-4-3-5-10-14/h3-7,9-13,23H,2,8H2,1H3,(H,27,28)(H,24,25,26)/p-1/b18-13-. The van der Waals surface area contributed by atoms with E-state index in [1.807, 2.05) is 61.5 Å². The van der Waals surface area contributed by atoms with Crippen LogP contribution >= 0.6 is 11.8 Å². The number of rotatable bonds is 7. The highest BCUT2D eigenvalue weighted by Gasteiger charge is 2.14. The molecule has 4 aromatic rings. The Morgan fingerprint density at radius 2 is 1.90 bits per heavy atom. The van der Waals surface area contributed by atoms with E-state index in [2.05, 4.69) is 20.2 Å². The zero-order valence-corrected chi connectivity index (χ0v) is 16.6. The molecule has 146 valence electrons. The number of para-hydroxylation sites is 1. The zero-order chi connectivity index (χ0) is 20.2. The molecule has 0 unspecified atom stereocenters. The van der Waals surface area contributed by atoms with Crippen LogP contribution in [0.5, 0.6) is 0 Å². The topological polar surface area (TPSA) is 97.5 Å². The number of nitrogens with zero attached hydrogens (tertiary/aromatic N) is 2. The summed E-state index contributed by atoms with van der Waals surface area (Å²) in [5.74, 6) is -0.522. The summed E-state index contributed by atoms with van der Waals surface area (Å²) in [6.07, 6.45) is 3.33. The molecule has 0 spiro atoms. The van der Waals surface area contributed by atoms with Crippen molar-refractivity contribution < 1.29 is 9.90 Å². The summed E-state index contributed by atoms with van der Waals surface area (Å²) in [5.41, 5.74) is 3.56. The Bertz CT molecular complexity index is 1180. The van der Waals surface area contributed by atoms with Gasteiger partial charge in [0.25, 0.3) is 0 Å². The fourth-order valence-electron chi connectivity index (χ4n) is 3.18. The lowest BCUT2D eigenvalue weighted by Crippen LogP contribution is -2.23. The monoisotopic (exact) mass is 403 g/mol. The quantitative estimate of drug-likeness (QED) is 0.361. The van der Waals surface area contributed by atoms with Gasteiger partial charge in [-0.25, -0.2) is 4.98 Å².